The third-order valence-electron chi connectivity index (χ3n) is 5.51. The molecule has 4 aromatic rings. The molecule has 7 heteroatoms. The molecule has 1 heterocycles. The first kappa shape index (κ1) is 22.5. The van der Waals surface area contributed by atoms with E-state index in [-0.39, 0.29) is 11.7 Å². The Morgan fingerprint density at radius 1 is 1.12 bits per heavy atom. The number of hydrogen-bond donors (Lipinski definition) is 1. The van der Waals surface area contributed by atoms with Gasteiger partial charge in [-0.2, -0.15) is 5.10 Å². The lowest BCUT2D eigenvalue weighted by molar-refractivity contribution is 0.0785. The molecule has 0 aliphatic carbocycles. The smallest absolute Gasteiger partial charge is 0.254 e. The fraction of sp³-hybridized carbons (Fsp3) is 0.231. The van der Waals surface area contributed by atoms with Crippen molar-refractivity contribution in [3.63, 3.8) is 0 Å². The van der Waals surface area contributed by atoms with Crippen LogP contribution in [0.2, 0.25) is 0 Å². The lowest BCUT2D eigenvalue weighted by Gasteiger charge is -2.19. The second-order valence-electron chi connectivity index (χ2n) is 7.79. The molecule has 4 rings (SSSR count). The number of benzene rings is 3. The highest BCUT2D eigenvalue weighted by Crippen LogP contribution is 2.32. The Morgan fingerprint density at radius 2 is 1.94 bits per heavy atom. The van der Waals surface area contributed by atoms with Gasteiger partial charge in [-0.05, 0) is 53.9 Å². The Bertz CT molecular complexity index is 1290. The average Bonchev–Trinajstić information content (AvgIpc) is 3.31. The van der Waals surface area contributed by atoms with Crippen LogP contribution in [0.4, 0.5) is 4.39 Å². The summed E-state index contributed by atoms with van der Waals surface area (Å²) in [7, 11) is 3.41. The van der Waals surface area contributed by atoms with Gasteiger partial charge in [-0.15, -0.1) is 0 Å². The molecule has 0 spiro atoms. The van der Waals surface area contributed by atoms with E-state index in [9.17, 15) is 9.18 Å². The van der Waals surface area contributed by atoms with Gasteiger partial charge in [-0.1, -0.05) is 24.3 Å². The van der Waals surface area contributed by atoms with E-state index in [4.69, 9.17) is 9.47 Å². The van der Waals surface area contributed by atoms with E-state index in [1.165, 1.54) is 12.1 Å². The minimum Gasteiger partial charge on any atom is -0.493 e. The summed E-state index contributed by atoms with van der Waals surface area (Å²) in [5, 5.41) is 8.18. The number of carbonyl (C=O) groups is 1. The normalized spacial score (nSPS) is 11.0. The van der Waals surface area contributed by atoms with Crippen LogP contribution in [0.5, 0.6) is 5.75 Å². The highest BCUT2D eigenvalue weighted by Gasteiger charge is 2.18. The molecule has 3 aromatic carbocycles. The van der Waals surface area contributed by atoms with E-state index in [0.29, 0.717) is 36.6 Å². The summed E-state index contributed by atoms with van der Waals surface area (Å²) in [6, 6.07) is 15.6. The van der Waals surface area contributed by atoms with E-state index in [1.807, 2.05) is 25.1 Å². The fourth-order valence-electron chi connectivity index (χ4n) is 3.93. The maximum atomic E-state index is 13.7. The molecule has 170 valence electrons. The first-order valence-corrected chi connectivity index (χ1v) is 10.7. The van der Waals surface area contributed by atoms with Gasteiger partial charge in [0.1, 0.15) is 11.6 Å². The standard InChI is InChI=1S/C26H26FN3O3/c1-4-33-24-13-18(10-11-22(24)17-6-5-7-21(27)12-17)26(31)30(2)15-19-8-9-20(16-32-3)23-14-28-29-25(19)23/h5-14H,4,15-16H2,1-3H3,(H,28,29). The molecule has 0 fully saturated rings. The molecule has 6 nitrogen and oxygen atoms in total. The molecular weight excluding hydrogens is 421 g/mol. The maximum absolute atomic E-state index is 13.7. The van der Waals surface area contributed by atoms with Gasteiger partial charge in [0.2, 0.25) is 0 Å². The highest BCUT2D eigenvalue weighted by atomic mass is 19.1. The lowest BCUT2D eigenvalue weighted by Crippen LogP contribution is -2.26. The van der Waals surface area contributed by atoms with E-state index in [2.05, 4.69) is 10.2 Å². The molecular formula is C26H26FN3O3. The Labute approximate surface area is 191 Å². The number of methoxy groups -OCH3 is 1. The van der Waals surface area contributed by atoms with Crippen molar-refractivity contribution < 1.29 is 18.7 Å². The quantitative estimate of drug-likeness (QED) is 0.404. The van der Waals surface area contributed by atoms with E-state index in [1.54, 1.807) is 49.5 Å². The van der Waals surface area contributed by atoms with Crippen LogP contribution in [0.3, 0.4) is 0 Å². The minimum absolute atomic E-state index is 0.143. The van der Waals surface area contributed by atoms with Crippen molar-refractivity contribution in [1.29, 1.82) is 0 Å². The van der Waals surface area contributed by atoms with Gasteiger partial charge in [0, 0.05) is 37.2 Å². The van der Waals surface area contributed by atoms with Crippen LogP contribution in [0, 0.1) is 5.82 Å². The highest BCUT2D eigenvalue weighted by molar-refractivity contribution is 5.96. The number of nitrogens with one attached hydrogen (secondary N) is 1. The summed E-state index contributed by atoms with van der Waals surface area (Å²) in [5.74, 6) is 0.0779. The molecule has 33 heavy (non-hydrogen) atoms. The van der Waals surface area contributed by atoms with E-state index in [0.717, 1.165) is 27.6 Å². The monoisotopic (exact) mass is 447 g/mol. The molecule has 1 aromatic heterocycles. The summed E-state index contributed by atoms with van der Waals surface area (Å²) in [6.07, 6.45) is 1.77. The van der Waals surface area contributed by atoms with Gasteiger partial charge in [0.05, 0.1) is 24.9 Å². The summed E-state index contributed by atoms with van der Waals surface area (Å²) >= 11 is 0. The largest absolute Gasteiger partial charge is 0.493 e. The van der Waals surface area contributed by atoms with E-state index < -0.39 is 0 Å². The maximum Gasteiger partial charge on any atom is 0.254 e. The van der Waals surface area contributed by atoms with Crippen LogP contribution in [0.25, 0.3) is 22.0 Å². The molecule has 0 bridgehead atoms. The number of halogens is 1. The molecule has 0 aliphatic heterocycles. The number of rotatable bonds is 8. The van der Waals surface area contributed by atoms with Gasteiger partial charge in [0.15, 0.2) is 0 Å². The van der Waals surface area contributed by atoms with Crippen LogP contribution in [0.15, 0.2) is 60.8 Å². The van der Waals surface area contributed by atoms with E-state index >= 15 is 0 Å². The fourth-order valence-corrected chi connectivity index (χ4v) is 3.93. The SMILES string of the molecule is CCOc1cc(C(=O)N(C)Cc2ccc(COC)c3cn[nH]c23)ccc1-c1cccc(F)c1. The number of carbonyl (C=O) groups excluding carboxylic acids is 1. The number of aromatic amines is 1. The van der Waals surface area contributed by atoms with Crippen molar-refractivity contribution in [3.05, 3.63) is 83.3 Å². The molecule has 0 atom stereocenters. The molecule has 0 unspecified atom stereocenters. The number of H-pyrrole nitrogens is 1. The molecule has 0 radical (unpaired) electrons. The van der Waals surface area contributed by atoms with Gasteiger partial charge < -0.3 is 14.4 Å². The zero-order valence-corrected chi connectivity index (χ0v) is 18.9. The number of nitrogens with zero attached hydrogens (tertiary/aromatic N) is 2. The average molecular weight is 448 g/mol. The molecule has 1 amide bonds. The third-order valence-corrected chi connectivity index (χ3v) is 5.51. The molecule has 1 N–H and O–H groups in total. The van der Waals surface area contributed by atoms with Crippen molar-refractivity contribution in [2.45, 2.75) is 20.1 Å². The summed E-state index contributed by atoms with van der Waals surface area (Å²) in [5.41, 5.74) is 4.82. The minimum atomic E-state index is -0.323. The summed E-state index contributed by atoms with van der Waals surface area (Å²) < 4.78 is 24.8. The van der Waals surface area contributed by atoms with Gasteiger partial charge in [0.25, 0.3) is 5.91 Å². The van der Waals surface area contributed by atoms with Crippen LogP contribution in [0.1, 0.15) is 28.4 Å². The third kappa shape index (κ3) is 4.73. The second-order valence-corrected chi connectivity index (χ2v) is 7.79. The predicted molar refractivity (Wildman–Crippen MR) is 126 cm³/mol. The molecule has 0 saturated heterocycles. The first-order chi connectivity index (χ1) is 16.0. The Kier molecular flexibility index (Phi) is 6.70. The predicted octanol–water partition coefficient (Wildman–Crippen LogP) is 5.19. The van der Waals surface area contributed by atoms with Crippen LogP contribution in [-0.4, -0.2) is 41.8 Å². The van der Waals surface area contributed by atoms with Crippen molar-refractivity contribution in [2.75, 3.05) is 20.8 Å². The molecule has 0 saturated carbocycles. The number of aromatic nitrogens is 2. The Morgan fingerprint density at radius 3 is 2.70 bits per heavy atom. The number of amides is 1. The number of fused-ring (bicyclic) bond motifs is 1. The van der Waals surface area contributed by atoms with Crippen LogP contribution >= 0.6 is 0 Å². The topological polar surface area (TPSA) is 67.4 Å². The van der Waals surface area contributed by atoms with Crippen LogP contribution in [-0.2, 0) is 17.9 Å². The summed E-state index contributed by atoms with van der Waals surface area (Å²) in [6.45, 7) is 3.20. The summed E-state index contributed by atoms with van der Waals surface area (Å²) in [4.78, 5) is 14.9. The van der Waals surface area contributed by atoms with Gasteiger partial charge in [-0.25, -0.2) is 4.39 Å². The molecule has 0 aliphatic rings. The van der Waals surface area contributed by atoms with Crippen molar-refractivity contribution >= 4 is 16.8 Å². The van der Waals surface area contributed by atoms with Gasteiger partial charge >= 0.3 is 0 Å². The van der Waals surface area contributed by atoms with Crippen molar-refractivity contribution in [1.82, 2.24) is 15.1 Å². The number of ether oxygens (including phenoxy) is 2. The lowest BCUT2D eigenvalue weighted by atomic mass is 10.0. The number of hydrogen-bond acceptors (Lipinski definition) is 4. The first-order valence-electron chi connectivity index (χ1n) is 10.7. The Balaban J connectivity index is 1.60. The second kappa shape index (κ2) is 9.83. The Hall–Kier alpha value is -3.71. The van der Waals surface area contributed by atoms with Gasteiger partial charge in [-0.3, -0.25) is 9.89 Å². The zero-order valence-electron chi connectivity index (χ0n) is 18.9. The van der Waals surface area contributed by atoms with Crippen molar-refractivity contribution in [3.8, 4) is 16.9 Å². The van der Waals surface area contributed by atoms with Crippen molar-refractivity contribution in [2.24, 2.45) is 0 Å². The van der Waals surface area contributed by atoms with Crippen LogP contribution < -0.4 is 4.74 Å². The zero-order chi connectivity index (χ0) is 23.4.